The number of rotatable bonds is 5. The van der Waals surface area contributed by atoms with Gasteiger partial charge < -0.3 is 14.5 Å². The molecule has 1 aliphatic rings. The fourth-order valence-electron chi connectivity index (χ4n) is 1.96. The number of carbonyl (C=O) groups is 1. The molecule has 1 aromatic heterocycles. The number of hydrogen-bond acceptors (Lipinski definition) is 4. The molecule has 94 valence electrons. The van der Waals surface area contributed by atoms with Crippen molar-refractivity contribution in [1.82, 2.24) is 5.32 Å². The zero-order valence-corrected chi connectivity index (χ0v) is 10.6. The Balaban J connectivity index is 1.90. The van der Waals surface area contributed by atoms with Crippen molar-refractivity contribution in [3.63, 3.8) is 0 Å². The maximum atomic E-state index is 11.2. The first-order valence-corrected chi connectivity index (χ1v) is 5.93. The molecule has 2 rings (SSSR count). The van der Waals surface area contributed by atoms with E-state index in [1.54, 1.807) is 6.07 Å². The Bertz CT molecular complexity index is 405. The van der Waals surface area contributed by atoms with Gasteiger partial charge in [-0.1, -0.05) is 0 Å². The molecule has 17 heavy (non-hydrogen) atoms. The molecule has 0 amide bonds. The van der Waals surface area contributed by atoms with Crippen LogP contribution in [0.5, 0.6) is 0 Å². The van der Waals surface area contributed by atoms with Crippen LogP contribution >= 0.6 is 0 Å². The number of nitrogens with one attached hydrogen (secondary N) is 1. The van der Waals surface area contributed by atoms with Crippen molar-refractivity contribution in [2.45, 2.75) is 38.8 Å². The minimum absolute atomic E-state index is 0.137. The van der Waals surface area contributed by atoms with Gasteiger partial charge in [-0.3, -0.25) is 0 Å². The van der Waals surface area contributed by atoms with Gasteiger partial charge in [0.15, 0.2) is 0 Å². The number of carbonyl (C=O) groups excluding carboxylic acids is 1. The molecule has 1 fully saturated rings. The van der Waals surface area contributed by atoms with Gasteiger partial charge in [-0.2, -0.15) is 0 Å². The van der Waals surface area contributed by atoms with Crippen LogP contribution in [0.4, 0.5) is 0 Å². The molecule has 0 aromatic carbocycles. The second kappa shape index (κ2) is 4.53. The summed E-state index contributed by atoms with van der Waals surface area (Å²) >= 11 is 0. The first-order valence-electron chi connectivity index (χ1n) is 5.93. The highest BCUT2D eigenvalue weighted by Crippen LogP contribution is 2.39. The minimum Gasteiger partial charge on any atom is -0.467 e. The zero-order chi connectivity index (χ0) is 12.5. The van der Waals surface area contributed by atoms with Crippen molar-refractivity contribution in [2.24, 2.45) is 5.92 Å². The molecule has 0 aliphatic heterocycles. The van der Waals surface area contributed by atoms with Gasteiger partial charge in [0, 0.05) is 5.54 Å². The van der Waals surface area contributed by atoms with Gasteiger partial charge >= 0.3 is 5.97 Å². The molecular weight excluding hydrogens is 218 g/mol. The molecule has 0 radical (unpaired) electrons. The van der Waals surface area contributed by atoms with Crippen LogP contribution in [-0.2, 0) is 11.3 Å². The van der Waals surface area contributed by atoms with Gasteiger partial charge in [-0.25, -0.2) is 4.79 Å². The maximum Gasteiger partial charge on any atom is 0.341 e. The zero-order valence-electron chi connectivity index (χ0n) is 10.6. The molecule has 1 aliphatic carbocycles. The highest BCUT2D eigenvalue weighted by atomic mass is 16.5. The summed E-state index contributed by atoms with van der Waals surface area (Å²) in [6.07, 6.45) is 4.03. The van der Waals surface area contributed by atoms with Crippen molar-refractivity contribution >= 4 is 5.97 Å². The number of hydrogen-bond donors (Lipinski definition) is 1. The van der Waals surface area contributed by atoms with E-state index in [-0.39, 0.29) is 11.5 Å². The van der Waals surface area contributed by atoms with Crippen LogP contribution in [0.25, 0.3) is 0 Å². The maximum absolute atomic E-state index is 11.2. The molecule has 0 bridgehead atoms. The Morgan fingerprint density at radius 1 is 1.59 bits per heavy atom. The summed E-state index contributed by atoms with van der Waals surface area (Å²) in [6.45, 7) is 5.05. The van der Waals surface area contributed by atoms with E-state index in [1.807, 2.05) is 0 Å². The van der Waals surface area contributed by atoms with Crippen LogP contribution in [0, 0.1) is 5.92 Å². The molecular formula is C13H19NO3. The summed E-state index contributed by atoms with van der Waals surface area (Å²) in [5.41, 5.74) is 0.603. The fraction of sp³-hybridized carbons (Fsp3) is 0.615. The van der Waals surface area contributed by atoms with E-state index in [1.165, 1.54) is 26.2 Å². The molecule has 0 atom stereocenters. The lowest BCUT2D eigenvalue weighted by Gasteiger charge is -2.25. The van der Waals surface area contributed by atoms with Gasteiger partial charge in [0.25, 0.3) is 0 Å². The molecule has 4 heteroatoms. The van der Waals surface area contributed by atoms with Gasteiger partial charge in [0.1, 0.15) is 12.0 Å². The van der Waals surface area contributed by atoms with Crippen LogP contribution in [-0.4, -0.2) is 18.6 Å². The smallest absolute Gasteiger partial charge is 0.341 e. The van der Waals surface area contributed by atoms with Gasteiger partial charge in [-0.15, -0.1) is 0 Å². The fourth-order valence-corrected chi connectivity index (χ4v) is 1.96. The molecule has 1 N–H and O–H groups in total. The molecule has 1 heterocycles. The summed E-state index contributed by atoms with van der Waals surface area (Å²) in [4.78, 5) is 11.2. The molecule has 4 nitrogen and oxygen atoms in total. The quantitative estimate of drug-likeness (QED) is 0.799. The summed E-state index contributed by atoms with van der Waals surface area (Å²) in [5, 5.41) is 3.46. The number of ether oxygens (including phenoxy) is 1. The van der Waals surface area contributed by atoms with E-state index in [2.05, 4.69) is 23.9 Å². The molecule has 1 aromatic rings. The molecule has 0 saturated heterocycles. The summed E-state index contributed by atoms with van der Waals surface area (Å²) in [5.74, 6) is 1.16. The topological polar surface area (TPSA) is 51.5 Å². The summed E-state index contributed by atoms with van der Waals surface area (Å²) < 4.78 is 9.94. The Morgan fingerprint density at radius 3 is 2.88 bits per heavy atom. The first-order chi connectivity index (χ1) is 8.03. The predicted octanol–water partition coefficient (Wildman–Crippen LogP) is 2.34. The van der Waals surface area contributed by atoms with Crippen molar-refractivity contribution in [2.75, 3.05) is 7.11 Å². The van der Waals surface area contributed by atoms with E-state index >= 15 is 0 Å². The Kier molecular flexibility index (Phi) is 3.24. The third-order valence-corrected chi connectivity index (χ3v) is 3.39. The molecule has 1 saturated carbocycles. The third kappa shape index (κ3) is 2.88. The van der Waals surface area contributed by atoms with Gasteiger partial charge in [0.05, 0.1) is 19.2 Å². The Morgan fingerprint density at radius 2 is 2.29 bits per heavy atom. The minimum atomic E-state index is -0.360. The van der Waals surface area contributed by atoms with Crippen LogP contribution in [0.3, 0.4) is 0 Å². The average molecular weight is 237 g/mol. The second-order valence-corrected chi connectivity index (χ2v) is 5.14. The van der Waals surface area contributed by atoms with Crippen molar-refractivity contribution in [3.8, 4) is 0 Å². The predicted molar refractivity (Wildman–Crippen MR) is 63.7 cm³/mol. The van der Waals surface area contributed by atoms with Crippen LogP contribution in [0.1, 0.15) is 42.8 Å². The SMILES string of the molecule is COC(=O)c1coc(CNC(C)(C)C2CC2)c1. The third-order valence-electron chi connectivity index (χ3n) is 3.39. The van der Waals surface area contributed by atoms with Crippen molar-refractivity contribution < 1.29 is 13.9 Å². The van der Waals surface area contributed by atoms with E-state index in [0.29, 0.717) is 12.1 Å². The van der Waals surface area contributed by atoms with Crippen molar-refractivity contribution in [1.29, 1.82) is 0 Å². The molecule has 0 unspecified atom stereocenters. The van der Waals surface area contributed by atoms with E-state index in [0.717, 1.165) is 11.7 Å². The van der Waals surface area contributed by atoms with Crippen LogP contribution in [0.15, 0.2) is 16.7 Å². The highest BCUT2D eigenvalue weighted by Gasteiger charge is 2.37. The van der Waals surface area contributed by atoms with Crippen LogP contribution in [0.2, 0.25) is 0 Å². The number of furan rings is 1. The summed E-state index contributed by atoms with van der Waals surface area (Å²) in [7, 11) is 1.36. The first kappa shape index (κ1) is 12.2. The summed E-state index contributed by atoms with van der Waals surface area (Å²) in [6, 6.07) is 1.72. The second-order valence-electron chi connectivity index (χ2n) is 5.14. The van der Waals surface area contributed by atoms with E-state index in [9.17, 15) is 4.79 Å². The normalized spacial score (nSPS) is 15.9. The van der Waals surface area contributed by atoms with E-state index in [4.69, 9.17) is 4.42 Å². The lowest BCUT2D eigenvalue weighted by atomic mass is 9.99. The molecule has 0 spiro atoms. The van der Waals surface area contributed by atoms with Crippen molar-refractivity contribution in [3.05, 3.63) is 23.7 Å². The van der Waals surface area contributed by atoms with Gasteiger partial charge in [-0.05, 0) is 38.7 Å². The highest BCUT2D eigenvalue weighted by molar-refractivity contribution is 5.88. The lowest BCUT2D eigenvalue weighted by Crippen LogP contribution is -2.40. The largest absolute Gasteiger partial charge is 0.467 e. The van der Waals surface area contributed by atoms with Gasteiger partial charge in [0.2, 0.25) is 0 Å². The number of esters is 1. The lowest BCUT2D eigenvalue weighted by molar-refractivity contribution is 0.0600. The standard InChI is InChI=1S/C13H19NO3/c1-13(2,10-4-5-10)14-7-11-6-9(8-17-11)12(15)16-3/h6,8,10,14H,4-5,7H2,1-3H3. The average Bonchev–Trinajstić information content (AvgIpc) is 3.06. The monoisotopic (exact) mass is 237 g/mol. The Hall–Kier alpha value is -1.29. The van der Waals surface area contributed by atoms with Crippen LogP contribution < -0.4 is 5.32 Å². The Labute approximate surface area is 101 Å². The number of methoxy groups -OCH3 is 1. The van der Waals surface area contributed by atoms with E-state index < -0.39 is 0 Å².